The van der Waals surface area contributed by atoms with Crippen LogP contribution in [0.3, 0.4) is 0 Å². The van der Waals surface area contributed by atoms with E-state index in [0.29, 0.717) is 310 Å². The highest BCUT2D eigenvalue weighted by Gasteiger charge is 2.15. The van der Waals surface area contributed by atoms with Crippen LogP contribution in [0.1, 0.15) is 20.8 Å². The Morgan fingerprint density at radius 1 is 0.238 bits per heavy atom. The van der Waals surface area contributed by atoms with E-state index in [4.69, 9.17) is 124 Å². The molecule has 0 aromatic carbocycles. The van der Waals surface area contributed by atoms with Crippen molar-refractivity contribution in [3.05, 3.63) is 0 Å². The Kier molecular flexibility index (Phi) is 69.6. The van der Waals surface area contributed by atoms with E-state index in [2.05, 4.69) is 5.32 Å². The zero-order valence-corrected chi connectivity index (χ0v) is 51.1. The number of rotatable bonds is 74. The van der Waals surface area contributed by atoms with Gasteiger partial charge in [0.15, 0.2) is 0 Å². The maximum absolute atomic E-state index is 11.5. The lowest BCUT2D eigenvalue weighted by molar-refractivity contribution is -0.142. The molecule has 0 atom stereocenters. The van der Waals surface area contributed by atoms with Crippen molar-refractivity contribution in [3.63, 3.8) is 0 Å². The number of aliphatic carboxylic acids is 1. The molecule has 0 aromatic heterocycles. The van der Waals surface area contributed by atoms with Crippen molar-refractivity contribution in [1.29, 1.82) is 0 Å². The molecule has 29 nitrogen and oxygen atoms in total. The number of hydrogen-bond acceptors (Lipinski definition) is 27. The van der Waals surface area contributed by atoms with Gasteiger partial charge in [-0.15, -0.1) is 0 Å². The third kappa shape index (κ3) is 77.8. The highest BCUT2D eigenvalue weighted by Crippen LogP contribution is 2.06. The van der Waals surface area contributed by atoms with Gasteiger partial charge in [0.05, 0.1) is 311 Å². The molecule has 2 N–H and O–H groups in total. The van der Waals surface area contributed by atoms with Crippen molar-refractivity contribution < 1.29 is 133 Å². The van der Waals surface area contributed by atoms with Crippen LogP contribution in [0, 0.1) is 0 Å². The quantitative estimate of drug-likeness (QED) is 0.0803. The summed E-state index contributed by atoms with van der Waals surface area (Å²) in [6.07, 6.45) is -0.460. The van der Waals surface area contributed by atoms with Gasteiger partial charge in [-0.1, -0.05) is 0 Å². The molecule has 0 saturated carbocycles. The maximum Gasteiger partial charge on any atom is 0.407 e. The smallest absolute Gasteiger partial charge is 0.407 e. The lowest BCUT2D eigenvalue weighted by atomic mass is 10.2. The number of carboxylic acids is 1. The highest BCUT2D eigenvalue weighted by molar-refractivity contribution is 5.68. The first-order chi connectivity index (χ1) is 41.3. The number of carboxylic acid groups (broad SMARTS) is 1. The predicted molar refractivity (Wildman–Crippen MR) is 302 cm³/mol. The second kappa shape index (κ2) is 71.5. The first-order valence-electron chi connectivity index (χ1n) is 29.4. The molecule has 1 amide bonds. The molecular formula is C55H109NO28. The molecule has 0 aliphatic rings. The van der Waals surface area contributed by atoms with Crippen LogP contribution in [0.5, 0.6) is 0 Å². The molecule has 0 fully saturated rings. The minimum Gasteiger partial charge on any atom is -0.480 e. The molecule has 0 bridgehead atoms. The van der Waals surface area contributed by atoms with Gasteiger partial charge in [0.1, 0.15) is 12.2 Å². The fourth-order valence-electron chi connectivity index (χ4n) is 5.76. The average molecular weight is 1230 g/mol. The summed E-state index contributed by atoms with van der Waals surface area (Å²) in [5, 5.41) is 11.1. The molecule has 29 heteroatoms. The van der Waals surface area contributed by atoms with Gasteiger partial charge in [-0.25, -0.2) is 9.59 Å². The second-order valence-corrected chi connectivity index (χ2v) is 18.0. The Bertz CT molecular complexity index is 1280. The van der Waals surface area contributed by atoms with Gasteiger partial charge in [0.2, 0.25) is 0 Å². The first-order valence-corrected chi connectivity index (χ1v) is 29.4. The molecule has 0 unspecified atom stereocenters. The number of carbonyl (C=O) groups is 2. The van der Waals surface area contributed by atoms with E-state index in [9.17, 15) is 9.59 Å². The van der Waals surface area contributed by atoms with Crippen LogP contribution in [0.15, 0.2) is 0 Å². The molecule has 0 rings (SSSR count). The van der Waals surface area contributed by atoms with Crippen molar-refractivity contribution in [1.82, 2.24) is 5.32 Å². The van der Waals surface area contributed by atoms with E-state index in [-0.39, 0.29) is 13.2 Å². The van der Waals surface area contributed by atoms with E-state index < -0.39 is 17.7 Å². The lowest BCUT2D eigenvalue weighted by Crippen LogP contribution is -2.34. The van der Waals surface area contributed by atoms with E-state index in [1.807, 2.05) is 20.8 Å². The van der Waals surface area contributed by atoms with Gasteiger partial charge in [-0.2, -0.15) is 0 Å². The zero-order valence-electron chi connectivity index (χ0n) is 51.1. The van der Waals surface area contributed by atoms with Crippen LogP contribution in [0.4, 0.5) is 4.79 Å². The standard InChI is InChI=1S/C55H109NO28/c1-55(2,3)84-54(59)56-4-5-60-6-7-61-8-9-62-10-11-63-12-13-64-14-15-65-16-17-66-18-19-67-20-21-68-22-23-69-24-25-70-26-27-71-28-29-72-30-31-73-32-33-74-34-35-75-36-37-76-38-39-77-40-41-78-42-43-79-44-45-80-46-47-81-48-49-82-50-51-83-52-53(57)58/h4-52H2,1-3H3,(H,56,59)(H,57,58). The largest absolute Gasteiger partial charge is 0.480 e. The topological polar surface area (TPSA) is 297 Å². The van der Waals surface area contributed by atoms with E-state index in [1.54, 1.807) is 0 Å². The SMILES string of the molecule is CC(C)(C)OC(=O)NCCOCCOCCOCCOCCOCCOCCOCCOCCOCCOCCOCCOCCOCCOCCOCCOCCOCCOCCOCCOCCOCCOCCOCCOCC(=O)O. The summed E-state index contributed by atoms with van der Waals surface area (Å²) in [5.74, 6) is -1.00. The van der Waals surface area contributed by atoms with Crippen LogP contribution in [-0.2, 0) is 123 Å². The van der Waals surface area contributed by atoms with Crippen molar-refractivity contribution in [2.75, 3.05) is 324 Å². The monoisotopic (exact) mass is 1230 g/mol. The van der Waals surface area contributed by atoms with Crippen molar-refractivity contribution in [2.24, 2.45) is 0 Å². The van der Waals surface area contributed by atoms with Gasteiger partial charge in [-0.05, 0) is 20.8 Å². The lowest BCUT2D eigenvalue weighted by Gasteiger charge is -2.19. The van der Waals surface area contributed by atoms with E-state index >= 15 is 0 Å². The van der Waals surface area contributed by atoms with Crippen molar-refractivity contribution in [3.8, 4) is 0 Å². The van der Waals surface area contributed by atoms with E-state index in [0.717, 1.165) is 0 Å². The normalized spacial score (nSPS) is 11.8. The summed E-state index contributed by atoms with van der Waals surface area (Å²) in [7, 11) is 0. The predicted octanol–water partition coefficient (Wildman–Crippen LogP) is 0.994. The number of carbonyl (C=O) groups excluding carboxylic acids is 1. The minimum atomic E-state index is -1.00. The Hall–Kier alpha value is -2.22. The average Bonchev–Trinajstić information content (AvgIpc) is 3.48. The van der Waals surface area contributed by atoms with Crippen LogP contribution >= 0.6 is 0 Å². The van der Waals surface area contributed by atoms with Gasteiger partial charge < -0.3 is 129 Å². The van der Waals surface area contributed by atoms with Gasteiger partial charge in [0, 0.05) is 6.54 Å². The maximum atomic E-state index is 11.5. The van der Waals surface area contributed by atoms with Crippen LogP contribution in [0.2, 0.25) is 0 Å². The second-order valence-electron chi connectivity index (χ2n) is 18.0. The van der Waals surface area contributed by atoms with Crippen LogP contribution in [-0.4, -0.2) is 346 Å². The van der Waals surface area contributed by atoms with Gasteiger partial charge in [-0.3, -0.25) is 0 Å². The molecule has 502 valence electrons. The van der Waals surface area contributed by atoms with E-state index in [1.165, 1.54) is 0 Å². The summed E-state index contributed by atoms with van der Waals surface area (Å²) in [6, 6.07) is 0. The number of ether oxygens (including phenoxy) is 25. The van der Waals surface area contributed by atoms with Crippen LogP contribution in [0.25, 0.3) is 0 Å². The number of amides is 1. The molecule has 0 aliphatic heterocycles. The molecule has 0 heterocycles. The Morgan fingerprint density at radius 2 is 0.369 bits per heavy atom. The molecular weight excluding hydrogens is 1120 g/mol. The third-order valence-electron chi connectivity index (χ3n) is 9.70. The molecule has 0 radical (unpaired) electrons. The van der Waals surface area contributed by atoms with Crippen molar-refractivity contribution >= 4 is 12.1 Å². The first kappa shape index (κ1) is 81.8. The molecule has 0 saturated heterocycles. The molecule has 84 heavy (non-hydrogen) atoms. The molecule has 0 aromatic rings. The number of alkyl carbamates (subject to hydrolysis) is 1. The Balaban J connectivity index is 3.10. The summed E-state index contributed by atoms with van der Waals surface area (Å²) in [5.41, 5.74) is -0.523. The minimum absolute atomic E-state index is 0.232. The fourth-order valence-corrected chi connectivity index (χ4v) is 5.76. The third-order valence-corrected chi connectivity index (χ3v) is 9.70. The summed E-state index contributed by atoms with van der Waals surface area (Å²) < 4.78 is 136. The molecule has 0 aliphatic carbocycles. The summed E-state index contributed by atoms with van der Waals surface area (Å²) in [6.45, 7) is 27.1. The Labute approximate surface area is 499 Å². The highest BCUT2D eigenvalue weighted by atomic mass is 16.6. The van der Waals surface area contributed by atoms with Crippen molar-refractivity contribution in [2.45, 2.75) is 26.4 Å². The number of hydrogen-bond donors (Lipinski definition) is 2. The molecule has 0 spiro atoms. The number of nitrogens with one attached hydrogen (secondary N) is 1. The summed E-state index contributed by atoms with van der Waals surface area (Å²) >= 11 is 0. The summed E-state index contributed by atoms with van der Waals surface area (Å²) in [4.78, 5) is 21.9. The fraction of sp³-hybridized carbons (Fsp3) is 0.964. The van der Waals surface area contributed by atoms with Gasteiger partial charge >= 0.3 is 12.1 Å². The zero-order chi connectivity index (χ0) is 60.7. The Morgan fingerprint density at radius 3 is 0.500 bits per heavy atom. The van der Waals surface area contributed by atoms with Crippen LogP contribution < -0.4 is 5.32 Å². The van der Waals surface area contributed by atoms with Gasteiger partial charge in [0.25, 0.3) is 0 Å².